The van der Waals surface area contributed by atoms with Crippen LogP contribution in [0, 0.1) is 0 Å². The number of nitrogens with zero attached hydrogens (tertiary/aromatic N) is 3. The number of aromatic nitrogens is 3. The van der Waals surface area contributed by atoms with E-state index >= 15 is 0 Å². The number of hydrogen-bond donors (Lipinski definition) is 1. The summed E-state index contributed by atoms with van der Waals surface area (Å²) in [5, 5.41) is 17.3. The van der Waals surface area contributed by atoms with Gasteiger partial charge in [0.25, 0.3) is 5.22 Å². The number of benzene rings is 1. The molecule has 2 aromatic heterocycles. The maximum Gasteiger partial charge on any atom is 0.284 e. The Bertz CT molecular complexity index is 836. The Morgan fingerprint density at radius 3 is 2.70 bits per heavy atom. The Balaban J connectivity index is 1.77. The summed E-state index contributed by atoms with van der Waals surface area (Å²) < 4.78 is 10.4. The lowest BCUT2D eigenvalue weighted by molar-refractivity contribution is 0.108. The molecule has 0 atom stereocenters. The van der Waals surface area contributed by atoms with Gasteiger partial charge in [0.05, 0.1) is 12.7 Å². The van der Waals surface area contributed by atoms with E-state index in [0.717, 1.165) is 11.8 Å². The van der Waals surface area contributed by atoms with Gasteiger partial charge in [-0.05, 0) is 24.3 Å². The lowest BCUT2D eigenvalue weighted by atomic mass is 10.2. The van der Waals surface area contributed by atoms with Gasteiger partial charge in [0.1, 0.15) is 11.5 Å². The first kappa shape index (κ1) is 15.0. The number of carbonyl (C=O) groups excluding carboxylic acids is 1. The number of thioether (sulfide) groups is 1. The van der Waals surface area contributed by atoms with Gasteiger partial charge >= 0.3 is 0 Å². The third-order valence-electron chi connectivity index (χ3n) is 2.94. The van der Waals surface area contributed by atoms with Gasteiger partial charge in [-0.2, -0.15) is 0 Å². The second-order valence-electron chi connectivity index (χ2n) is 4.38. The fraction of sp³-hybridized carbons (Fsp3) is 0.0667. The monoisotopic (exact) mass is 329 g/mol. The number of hydrogen-bond acceptors (Lipinski definition) is 8. The van der Waals surface area contributed by atoms with Crippen LogP contribution in [-0.4, -0.2) is 32.5 Å². The molecule has 1 N–H and O–H groups in total. The summed E-state index contributed by atoms with van der Waals surface area (Å²) in [6.45, 7) is 0. The SMILES string of the molecule is COc1ccc(C(=O)Sc2nnc(-c3ccncc3)o2)c(O)c1. The van der Waals surface area contributed by atoms with Crippen LogP contribution in [-0.2, 0) is 0 Å². The van der Waals surface area contributed by atoms with Crippen molar-refractivity contribution >= 4 is 16.9 Å². The van der Waals surface area contributed by atoms with Gasteiger partial charge in [0.15, 0.2) is 0 Å². The summed E-state index contributed by atoms with van der Waals surface area (Å²) in [5.41, 5.74) is 0.846. The Labute approximate surface area is 135 Å². The van der Waals surface area contributed by atoms with Crippen molar-refractivity contribution in [3.05, 3.63) is 48.3 Å². The van der Waals surface area contributed by atoms with Gasteiger partial charge in [-0.15, -0.1) is 10.2 Å². The molecule has 0 fully saturated rings. The van der Waals surface area contributed by atoms with Crippen LogP contribution in [0.1, 0.15) is 10.4 Å². The Hall–Kier alpha value is -2.87. The lowest BCUT2D eigenvalue weighted by Gasteiger charge is -2.04. The minimum absolute atomic E-state index is 0.0945. The predicted octanol–water partition coefficient (Wildman–Crippen LogP) is 2.78. The van der Waals surface area contributed by atoms with Crippen molar-refractivity contribution in [2.75, 3.05) is 7.11 Å². The van der Waals surface area contributed by atoms with Crippen LogP contribution in [0.5, 0.6) is 11.5 Å². The molecular weight excluding hydrogens is 318 g/mol. The molecule has 0 saturated carbocycles. The Morgan fingerprint density at radius 2 is 2.00 bits per heavy atom. The number of aromatic hydroxyl groups is 1. The van der Waals surface area contributed by atoms with Gasteiger partial charge in [-0.1, -0.05) is 0 Å². The van der Waals surface area contributed by atoms with E-state index in [1.165, 1.54) is 19.2 Å². The maximum absolute atomic E-state index is 12.2. The lowest BCUT2D eigenvalue weighted by Crippen LogP contribution is -1.95. The van der Waals surface area contributed by atoms with Crippen LogP contribution in [0.3, 0.4) is 0 Å². The fourth-order valence-electron chi connectivity index (χ4n) is 1.81. The van der Waals surface area contributed by atoms with Crippen LogP contribution in [0.2, 0.25) is 0 Å². The molecule has 1 aromatic carbocycles. The zero-order valence-corrected chi connectivity index (χ0v) is 12.8. The van der Waals surface area contributed by atoms with E-state index in [0.29, 0.717) is 17.2 Å². The average Bonchev–Trinajstić information content (AvgIpc) is 3.03. The molecule has 8 heteroatoms. The first-order chi connectivity index (χ1) is 11.2. The Morgan fingerprint density at radius 1 is 1.22 bits per heavy atom. The first-order valence-corrected chi connectivity index (χ1v) is 7.32. The highest BCUT2D eigenvalue weighted by molar-refractivity contribution is 8.14. The third-order valence-corrected chi connectivity index (χ3v) is 3.68. The molecule has 0 aliphatic heterocycles. The molecule has 0 spiro atoms. The predicted molar refractivity (Wildman–Crippen MR) is 82.4 cm³/mol. The zero-order chi connectivity index (χ0) is 16.2. The number of pyridine rings is 1. The van der Waals surface area contributed by atoms with Crippen LogP contribution in [0.15, 0.2) is 52.4 Å². The van der Waals surface area contributed by atoms with Gasteiger partial charge in [0, 0.05) is 35.8 Å². The third kappa shape index (κ3) is 3.32. The number of methoxy groups -OCH3 is 1. The maximum atomic E-state index is 12.2. The highest BCUT2D eigenvalue weighted by Crippen LogP contribution is 2.30. The highest BCUT2D eigenvalue weighted by atomic mass is 32.2. The molecular formula is C15H11N3O4S. The van der Waals surface area contributed by atoms with E-state index in [2.05, 4.69) is 15.2 Å². The summed E-state index contributed by atoms with van der Waals surface area (Å²) in [6, 6.07) is 7.87. The molecule has 0 unspecified atom stereocenters. The molecule has 0 aliphatic rings. The number of ether oxygens (including phenoxy) is 1. The molecule has 0 radical (unpaired) electrons. The van der Waals surface area contributed by atoms with Crippen molar-refractivity contribution in [3.63, 3.8) is 0 Å². The molecule has 0 aliphatic carbocycles. The first-order valence-electron chi connectivity index (χ1n) is 6.50. The normalized spacial score (nSPS) is 10.5. The molecule has 7 nitrogen and oxygen atoms in total. The van der Waals surface area contributed by atoms with Gasteiger partial charge in [0.2, 0.25) is 11.0 Å². The Kier molecular flexibility index (Phi) is 4.24. The topological polar surface area (TPSA) is 98.3 Å². The minimum atomic E-state index is -0.407. The van der Waals surface area contributed by atoms with Crippen LogP contribution in [0.25, 0.3) is 11.5 Å². The number of rotatable bonds is 4. The van der Waals surface area contributed by atoms with Crippen molar-refractivity contribution in [2.45, 2.75) is 5.22 Å². The number of carbonyl (C=O) groups is 1. The van der Waals surface area contributed by atoms with E-state index in [1.807, 2.05) is 0 Å². The van der Waals surface area contributed by atoms with E-state index in [9.17, 15) is 9.90 Å². The highest BCUT2D eigenvalue weighted by Gasteiger charge is 2.18. The van der Waals surface area contributed by atoms with Crippen molar-refractivity contribution < 1.29 is 19.1 Å². The van der Waals surface area contributed by atoms with E-state index in [-0.39, 0.29) is 16.5 Å². The second-order valence-corrected chi connectivity index (χ2v) is 5.31. The summed E-state index contributed by atoms with van der Waals surface area (Å²) in [4.78, 5) is 16.1. The van der Waals surface area contributed by atoms with Crippen LogP contribution >= 0.6 is 11.8 Å². The van der Waals surface area contributed by atoms with Crippen molar-refractivity contribution in [1.29, 1.82) is 0 Å². The zero-order valence-electron chi connectivity index (χ0n) is 12.0. The average molecular weight is 329 g/mol. The van der Waals surface area contributed by atoms with Gasteiger partial charge in [-0.3, -0.25) is 9.78 Å². The van der Waals surface area contributed by atoms with Crippen molar-refractivity contribution in [3.8, 4) is 23.0 Å². The molecule has 116 valence electrons. The number of phenolic OH excluding ortho intramolecular Hbond substituents is 1. The van der Waals surface area contributed by atoms with Crippen LogP contribution in [0.4, 0.5) is 0 Å². The smallest absolute Gasteiger partial charge is 0.284 e. The molecule has 0 bridgehead atoms. The minimum Gasteiger partial charge on any atom is -0.507 e. The van der Waals surface area contributed by atoms with Crippen LogP contribution < -0.4 is 4.74 Å². The summed E-state index contributed by atoms with van der Waals surface area (Å²) >= 11 is 0.744. The summed E-state index contributed by atoms with van der Waals surface area (Å²) in [7, 11) is 1.48. The second kappa shape index (κ2) is 6.49. The van der Waals surface area contributed by atoms with Crippen molar-refractivity contribution in [2.24, 2.45) is 0 Å². The largest absolute Gasteiger partial charge is 0.507 e. The molecule has 3 rings (SSSR count). The van der Waals surface area contributed by atoms with Crippen molar-refractivity contribution in [1.82, 2.24) is 15.2 Å². The fourth-order valence-corrected chi connectivity index (χ4v) is 2.45. The summed E-state index contributed by atoms with van der Waals surface area (Å²) in [5.74, 6) is 0.583. The number of phenols is 1. The molecule has 3 aromatic rings. The van der Waals surface area contributed by atoms with Gasteiger partial charge in [-0.25, -0.2) is 0 Å². The molecule has 0 amide bonds. The molecule has 23 heavy (non-hydrogen) atoms. The van der Waals surface area contributed by atoms with E-state index in [4.69, 9.17) is 9.15 Å². The van der Waals surface area contributed by atoms with E-state index < -0.39 is 5.12 Å². The summed E-state index contributed by atoms with van der Waals surface area (Å²) in [6.07, 6.45) is 3.21. The standard InChI is InChI=1S/C15H11N3O4S/c1-21-10-2-3-11(12(19)8-10)14(20)23-15-18-17-13(22-15)9-4-6-16-7-5-9/h2-8,19H,1H3. The quantitative estimate of drug-likeness (QED) is 0.730. The van der Waals surface area contributed by atoms with Gasteiger partial charge < -0.3 is 14.3 Å². The molecule has 0 saturated heterocycles. The molecule has 2 heterocycles. The van der Waals surface area contributed by atoms with E-state index in [1.54, 1.807) is 30.6 Å².